The highest BCUT2D eigenvalue weighted by Crippen LogP contribution is 2.42. The van der Waals surface area contributed by atoms with Gasteiger partial charge in [-0.2, -0.15) is 0 Å². The van der Waals surface area contributed by atoms with Crippen molar-refractivity contribution in [3.63, 3.8) is 0 Å². The molecule has 1 saturated heterocycles. The second-order valence-electron chi connectivity index (χ2n) is 9.75. The first-order chi connectivity index (χ1) is 21.0. The number of rotatable bonds is 11. The summed E-state index contributed by atoms with van der Waals surface area (Å²) in [4.78, 5) is 65.3. The highest BCUT2D eigenvalue weighted by Gasteiger charge is 2.55. The van der Waals surface area contributed by atoms with E-state index in [2.05, 4.69) is 15.5 Å². The predicted molar refractivity (Wildman–Crippen MR) is 158 cm³/mol. The molecule has 44 heavy (non-hydrogen) atoms. The van der Waals surface area contributed by atoms with E-state index < -0.39 is 53.1 Å². The third-order valence-electron chi connectivity index (χ3n) is 6.53. The number of aryl methyl sites for hydroxylation is 2. The first-order valence-corrected chi connectivity index (χ1v) is 16.1. The molecule has 3 aromatic rings. The number of nitrogens with two attached hydrogens (primary N) is 1. The molecule has 0 aliphatic carbocycles. The van der Waals surface area contributed by atoms with Gasteiger partial charge in [-0.05, 0) is 26.3 Å². The third kappa shape index (κ3) is 6.74. The predicted octanol–water partition coefficient (Wildman–Crippen LogP) is 1.82. The molecule has 5 rings (SSSR count). The van der Waals surface area contributed by atoms with Crippen molar-refractivity contribution in [2.24, 2.45) is 5.73 Å². The molecule has 14 nitrogen and oxygen atoms in total. The quantitative estimate of drug-likeness (QED) is 0.171. The lowest BCUT2D eigenvalue weighted by Crippen LogP contribution is -2.71. The lowest BCUT2D eigenvalue weighted by molar-refractivity contribution is -0.160. The summed E-state index contributed by atoms with van der Waals surface area (Å²) in [6, 6.07) is 6.37. The Kier molecular flexibility index (Phi) is 9.57. The molecular weight excluding hydrogens is 635 g/mol. The molecule has 3 N–H and O–H groups in total. The molecule has 2 aromatic heterocycles. The Hall–Kier alpha value is -3.93. The Labute approximate surface area is 262 Å². The molecule has 232 valence electrons. The van der Waals surface area contributed by atoms with Crippen LogP contribution in [0.15, 0.2) is 59.6 Å². The highest BCUT2D eigenvalue weighted by molar-refractivity contribution is 8.01. The van der Waals surface area contributed by atoms with Gasteiger partial charge >= 0.3 is 17.8 Å². The fourth-order valence-corrected chi connectivity index (χ4v) is 7.63. The number of fused-ring (bicyclic) bond motifs is 1. The van der Waals surface area contributed by atoms with E-state index in [0.29, 0.717) is 27.0 Å². The van der Waals surface area contributed by atoms with Gasteiger partial charge in [-0.3, -0.25) is 19.3 Å². The first-order valence-electron chi connectivity index (χ1n) is 13.2. The normalized spacial score (nSPS) is 19.1. The van der Waals surface area contributed by atoms with E-state index >= 15 is 0 Å². The molecule has 0 radical (unpaired) electrons. The van der Waals surface area contributed by atoms with Crippen molar-refractivity contribution in [2.45, 2.75) is 55.3 Å². The summed E-state index contributed by atoms with van der Waals surface area (Å²) in [5, 5.41) is 10.9. The number of carbonyl (C=O) groups excluding carboxylic acids is 4. The van der Waals surface area contributed by atoms with Crippen LogP contribution in [0.25, 0.3) is 0 Å². The molecule has 1 fully saturated rings. The maximum absolute atomic E-state index is 13.5. The van der Waals surface area contributed by atoms with Gasteiger partial charge in [0, 0.05) is 17.1 Å². The summed E-state index contributed by atoms with van der Waals surface area (Å²) in [6.45, 7) is 4.37. The standard InChI is InChI=1S/C27H27N5O9S3/c1-12(28)24(35)41-20(15-7-5-4-6-8-15)21(33)29-18-22(34)32-19(25(36)38-9-17-13(2)39-27(37)40-17)16(10-42-23(18)32)11-43-26-31-30-14(3)44-26/h4-8,12,18,20,23H,9-11,28H2,1-3H3,(H,29,33)/t12?,18?,20?,23-/m1/s1. The number of hydrogen-bond donors (Lipinski definition) is 2. The number of β-lactam (4-membered cyclic amide) rings is 1. The molecule has 3 unspecified atom stereocenters. The third-order valence-corrected chi connectivity index (χ3v) is 9.93. The molecule has 4 atom stereocenters. The molecule has 4 heterocycles. The van der Waals surface area contributed by atoms with Gasteiger partial charge in [0.05, 0.1) is 0 Å². The second-order valence-corrected chi connectivity index (χ2v) is 13.3. The van der Waals surface area contributed by atoms with Crippen LogP contribution in [0.1, 0.15) is 35.1 Å². The lowest BCUT2D eigenvalue weighted by atomic mass is 10.0. The van der Waals surface area contributed by atoms with E-state index in [1.165, 1.54) is 53.6 Å². The minimum Gasteiger partial charge on any atom is -0.453 e. The number of ether oxygens (including phenoxy) is 2. The van der Waals surface area contributed by atoms with Crippen molar-refractivity contribution >= 4 is 58.6 Å². The molecule has 2 amide bonds. The number of thioether (sulfide) groups is 2. The van der Waals surface area contributed by atoms with Crippen molar-refractivity contribution in [1.82, 2.24) is 20.4 Å². The van der Waals surface area contributed by atoms with E-state index in [4.69, 9.17) is 24.0 Å². The maximum atomic E-state index is 13.5. The van der Waals surface area contributed by atoms with Crippen LogP contribution in [0.4, 0.5) is 0 Å². The SMILES string of the molecule is Cc1nnc(SCC2=C(C(=O)OCc3oc(=O)oc3C)N3C(=O)C(NC(=O)C(OC(=O)C(C)N)c4ccccc4)[C@H]3SC2)s1. The van der Waals surface area contributed by atoms with E-state index in [0.717, 1.165) is 5.01 Å². The fraction of sp³-hybridized carbons (Fsp3) is 0.370. The molecule has 17 heteroatoms. The Balaban J connectivity index is 1.35. The highest BCUT2D eigenvalue weighted by atomic mass is 32.2. The van der Waals surface area contributed by atoms with Crippen LogP contribution in [0.3, 0.4) is 0 Å². The summed E-state index contributed by atoms with van der Waals surface area (Å²) >= 11 is 4.12. The minimum atomic E-state index is -1.35. The number of hydrogen-bond acceptors (Lipinski definition) is 15. The topological polar surface area (TPSA) is 197 Å². The van der Waals surface area contributed by atoms with Gasteiger partial charge in [0.2, 0.25) is 6.10 Å². The van der Waals surface area contributed by atoms with Crippen molar-refractivity contribution in [2.75, 3.05) is 11.5 Å². The summed E-state index contributed by atoms with van der Waals surface area (Å²) in [6.07, 6.45) is -1.35. The van der Waals surface area contributed by atoms with Crippen molar-refractivity contribution < 1.29 is 37.5 Å². The lowest BCUT2D eigenvalue weighted by Gasteiger charge is -2.49. The van der Waals surface area contributed by atoms with E-state index in [9.17, 15) is 24.0 Å². The number of esters is 2. The number of nitrogens with one attached hydrogen (secondary N) is 1. The molecule has 2 aliphatic rings. The largest absolute Gasteiger partial charge is 0.519 e. The van der Waals surface area contributed by atoms with Gasteiger partial charge in [0.25, 0.3) is 11.8 Å². The minimum absolute atomic E-state index is 0.0319. The van der Waals surface area contributed by atoms with Gasteiger partial charge in [-0.1, -0.05) is 53.4 Å². The molecular formula is C27H27N5O9S3. The average Bonchev–Trinajstić information content (AvgIpc) is 3.58. The number of nitrogens with zero attached hydrogens (tertiary/aromatic N) is 3. The molecule has 0 saturated carbocycles. The summed E-state index contributed by atoms with van der Waals surface area (Å²) in [5.74, 6) is -2.91. The van der Waals surface area contributed by atoms with Gasteiger partial charge in [0.1, 0.15) is 28.2 Å². The van der Waals surface area contributed by atoms with E-state index in [1.54, 1.807) is 30.3 Å². The molecule has 1 aromatic carbocycles. The zero-order chi connectivity index (χ0) is 31.5. The number of benzene rings is 1. The van der Waals surface area contributed by atoms with Crippen molar-refractivity contribution in [1.29, 1.82) is 0 Å². The average molecular weight is 662 g/mol. The van der Waals surface area contributed by atoms with Crippen LogP contribution in [0.2, 0.25) is 0 Å². The molecule has 0 bridgehead atoms. The van der Waals surface area contributed by atoms with Crippen LogP contribution in [0, 0.1) is 13.8 Å². The zero-order valence-corrected chi connectivity index (χ0v) is 26.1. The smallest absolute Gasteiger partial charge is 0.453 e. The second kappa shape index (κ2) is 13.4. The van der Waals surface area contributed by atoms with Gasteiger partial charge < -0.3 is 29.4 Å². The molecule has 0 spiro atoms. The number of carbonyl (C=O) groups is 4. The van der Waals surface area contributed by atoms with Gasteiger partial charge in [-0.15, -0.1) is 22.0 Å². The van der Waals surface area contributed by atoms with E-state index in [1.807, 2.05) is 6.92 Å². The number of aromatic nitrogens is 2. The van der Waals surface area contributed by atoms with Gasteiger partial charge in [-0.25, -0.2) is 9.59 Å². The van der Waals surface area contributed by atoms with Gasteiger partial charge in [0.15, 0.2) is 22.5 Å². The van der Waals surface area contributed by atoms with Crippen molar-refractivity contribution in [3.05, 3.63) is 74.3 Å². The Morgan fingerprint density at radius 1 is 1.18 bits per heavy atom. The first kappa shape index (κ1) is 31.5. The van der Waals surface area contributed by atoms with Crippen LogP contribution >= 0.6 is 34.9 Å². The van der Waals surface area contributed by atoms with Crippen LogP contribution in [-0.4, -0.2) is 67.8 Å². The van der Waals surface area contributed by atoms with Crippen molar-refractivity contribution in [3.8, 4) is 0 Å². The Bertz CT molecular complexity index is 1670. The number of amides is 2. The zero-order valence-electron chi connectivity index (χ0n) is 23.6. The summed E-state index contributed by atoms with van der Waals surface area (Å²) in [5.41, 5.74) is 6.69. The van der Waals surface area contributed by atoms with Crippen LogP contribution in [0.5, 0.6) is 0 Å². The Morgan fingerprint density at radius 2 is 1.93 bits per heavy atom. The fourth-order valence-electron chi connectivity index (χ4n) is 4.33. The summed E-state index contributed by atoms with van der Waals surface area (Å²) < 4.78 is 21.3. The van der Waals surface area contributed by atoms with Crippen LogP contribution < -0.4 is 16.9 Å². The maximum Gasteiger partial charge on any atom is 0.519 e. The van der Waals surface area contributed by atoms with E-state index in [-0.39, 0.29) is 23.8 Å². The molecule has 2 aliphatic heterocycles. The monoisotopic (exact) mass is 661 g/mol. The Morgan fingerprint density at radius 3 is 2.57 bits per heavy atom. The summed E-state index contributed by atoms with van der Waals surface area (Å²) in [7, 11) is 0. The van der Waals surface area contributed by atoms with Crippen LogP contribution in [-0.2, 0) is 35.3 Å².